The average Bonchev–Trinajstić information content (AvgIpc) is 2.43. The van der Waals surface area contributed by atoms with E-state index in [0.29, 0.717) is 18.4 Å². The number of amides is 1. The lowest BCUT2D eigenvalue weighted by molar-refractivity contribution is -0.143. The van der Waals surface area contributed by atoms with Crippen LogP contribution in [-0.2, 0) is 9.59 Å². The van der Waals surface area contributed by atoms with Gasteiger partial charge in [-0.25, -0.2) is 4.79 Å². The van der Waals surface area contributed by atoms with Gasteiger partial charge in [-0.2, -0.15) is 0 Å². The average molecular weight is 265 g/mol. The minimum absolute atomic E-state index is 0.360. The lowest BCUT2D eigenvalue weighted by atomic mass is 10.1. The second-order valence-electron chi connectivity index (χ2n) is 4.35. The molecule has 3 N–H and O–H groups in total. The minimum Gasteiger partial charge on any atom is -0.480 e. The normalized spacial score (nSPS) is 13.6. The Morgan fingerprint density at radius 2 is 1.89 bits per heavy atom. The number of carboxylic acids is 1. The quantitative estimate of drug-likeness (QED) is 0.697. The number of aliphatic carboxylic acids is 1. The fourth-order valence-electron chi connectivity index (χ4n) is 1.70. The van der Waals surface area contributed by atoms with Gasteiger partial charge in [-0.05, 0) is 12.0 Å². The number of carbonyl (C=O) groups excluding carboxylic acids is 1. The van der Waals surface area contributed by atoms with Crippen molar-refractivity contribution in [2.45, 2.75) is 38.3 Å². The molecule has 1 aromatic rings. The molecule has 0 aromatic heterocycles. The molecule has 5 nitrogen and oxygen atoms in total. The third kappa shape index (κ3) is 4.71. The molecule has 0 aliphatic rings. The van der Waals surface area contributed by atoms with Crippen molar-refractivity contribution in [2.24, 2.45) is 0 Å². The molecule has 0 spiro atoms. The van der Waals surface area contributed by atoms with Crippen LogP contribution in [0.2, 0.25) is 0 Å². The highest BCUT2D eigenvalue weighted by Crippen LogP contribution is 2.13. The number of aliphatic hydroxyl groups is 1. The van der Waals surface area contributed by atoms with Gasteiger partial charge in [-0.1, -0.05) is 50.1 Å². The molecule has 0 radical (unpaired) electrons. The van der Waals surface area contributed by atoms with E-state index in [1.807, 2.05) is 6.92 Å². The summed E-state index contributed by atoms with van der Waals surface area (Å²) < 4.78 is 0. The third-order valence-electron chi connectivity index (χ3n) is 2.82. The molecule has 0 saturated heterocycles. The second kappa shape index (κ2) is 7.53. The van der Waals surface area contributed by atoms with Gasteiger partial charge in [-0.3, -0.25) is 4.79 Å². The van der Waals surface area contributed by atoms with E-state index in [9.17, 15) is 14.7 Å². The summed E-state index contributed by atoms with van der Waals surface area (Å²) in [6.07, 6.45) is 0.572. The Morgan fingerprint density at radius 1 is 1.26 bits per heavy atom. The van der Waals surface area contributed by atoms with Gasteiger partial charge in [0.2, 0.25) is 0 Å². The van der Waals surface area contributed by atoms with Crippen molar-refractivity contribution in [1.82, 2.24) is 5.32 Å². The zero-order chi connectivity index (χ0) is 14.3. The van der Waals surface area contributed by atoms with Crippen LogP contribution >= 0.6 is 0 Å². The van der Waals surface area contributed by atoms with Crippen LogP contribution in [0, 0.1) is 0 Å². The molecule has 0 aliphatic carbocycles. The van der Waals surface area contributed by atoms with Crippen molar-refractivity contribution in [3.8, 4) is 0 Å². The highest BCUT2D eigenvalue weighted by atomic mass is 16.4. The Balaban J connectivity index is 2.64. The Labute approximate surface area is 112 Å². The topological polar surface area (TPSA) is 86.6 Å². The molecule has 0 aliphatic heterocycles. The lowest BCUT2D eigenvalue weighted by Gasteiger charge is -2.17. The predicted molar refractivity (Wildman–Crippen MR) is 70.5 cm³/mol. The maximum atomic E-state index is 11.8. The molecule has 0 saturated carbocycles. The van der Waals surface area contributed by atoms with Crippen molar-refractivity contribution in [1.29, 1.82) is 0 Å². The van der Waals surface area contributed by atoms with Crippen LogP contribution in [0.3, 0.4) is 0 Å². The summed E-state index contributed by atoms with van der Waals surface area (Å²) in [5, 5.41) is 21.2. The first-order valence-corrected chi connectivity index (χ1v) is 6.32. The Bertz CT molecular complexity index is 419. The van der Waals surface area contributed by atoms with Crippen molar-refractivity contribution in [2.75, 3.05) is 0 Å². The van der Waals surface area contributed by atoms with Crippen LogP contribution < -0.4 is 5.32 Å². The summed E-state index contributed by atoms with van der Waals surface area (Å²) in [5.74, 6) is -1.77. The van der Waals surface area contributed by atoms with Gasteiger partial charge in [0.15, 0.2) is 6.10 Å². The summed E-state index contributed by atoms with van der Waals surface area (Å²) in [4.78, 5) is 22.8. The molecule has 0 fully saturated rings. The van der Waals surface area contributed by atoms with Crippen LogP contribution in [0.15, 0.2) is 30.3 Å². The number of nitrogens with one attached hydrogen (secondary N) is 1. The lowest BCUT2D eigenvalue weighted by Crippen LogP contribution is -2.43. The third-order valence-corrected chi connectivity index (χ3v) is 2.82. The first-order chi connectivity index (χ1) is 9.06. The number of benzene rings is 1. The van der Waals surface area contributed by atoms with Crippen molar-refractivity contribution < 1.29 is 19.8 Å². The molecule has 1 aromatic carbocycles. The number of carbonyl (C=O) groups is 2. The number of hydrogen-bond donors (Lipinski definition) is 3. The maximum absolute atomic E-state index is 11.8. The minimum atomic E-state index is -1.34. The van der Waals surface area contributed by atoms with E-state index >= 15 is 0 Å². The maximum Gasteiger partial charge on any atom is 0.326 e. The molecule has 1 amide bonds. The van der Waals surface area contributed by atoms with E-state index in [1.165, 1.54) is 0 Å². The molecule has 1 rings (SSSR count). The van der Waals surface area contributed by atoms with Gasteiger partial charge in [0.25, 0.3) is 5.91 Å². The summed E-state index contributed by atoms with van der Waals surface area (Å²) in [6.45, 7) is 1.94. The molecular weight excluding hydrogens is 246 g/mol. The smallest absolute Gasteiger partial charge is 0.326 e. The molecule has 19 heavy (non-hydrogen) atoms. The highest BCUT2D eigenvalue weighted by Gasteiger charge is 2.24. The molecular formula is C14H19NO4. The molecule has 0 bridgehead atoms. The second-order valence-corrected chi connectivity index (χ2v) is 4.35. The fraction of sp³-hybridized carbons (Fsp3) is 0.429. The van der Waals surface area contributed by atoms with Crippen molar-refractivity contribution in [3.05, 3.63) is 35.9 Å². The summed E-state index contributed by atoms with van der Waals surface area (Å²) in [7, 11) is 0. The Kier molecular flexibility index (Phi) is 6.02. The molecule has 104 valence electrons. The van der Waals surface area contributed by atoms with Crippen LogP contribution in [0.1, 0.15) is 37.9 Å². The van der Waals surface area contributed by atoms with E-state index in [-0.39, 0.29) is 0 Å². The largest absolute Gasteiger partial charge is 0.480 e. The molecule has 2 atom stereocenters. The van der Waals surface area contributed by atoms with E-state index in [4.69, 9.17) is 5.11 Å². The zero-order valence-corrected chi connectivity index (χ0v) is 10.9. The molecule has 5 heteroatoms. The number of carboxylic acid groups (broad SMARTS) is 1. The SMILES string of the molecule is CCCC[C@H](NC(=O)[C@H](O)c1ccccc1)C(=O)O. The van der Waals surface area contributed by atoms with Gasteiger partial charge < -0.3 is 15.5 Å². The van der Waals surface area contributed by atoms with E-state index in [1.54, 1.807) is 30.3 Å². The van der Waals surface area contributed by atoms with Gasteiger partial charge in [0.1, 0.15) is 6.04 Å². The van der Waals surface area contributed by atoms with Gasteiger partial charge in [0.05, 0.1) is 0 Å². The fourth-order valence-corrected chi connectivity index (χ4v) is 1.70. The molecule has 0 heterocycles. The summed E-state index contributed by atoms with van der Waals surface area (Å²) in [5.41, 5.74) is 0.444. The van der Waals surface area contributed by atoms with E-state index in [2.05, 4.69) is 5.32 Å². The first kappa shape index (κ1) is 15.2. The van der Waals surface area contributed by atoms with Crippen molar-refractivity contribution in [3.63, 3.8) is 0 Å². The highest BCUT2D eigenvalue weighted by molar-refractivity contribution is 5.86. The van der Waals surface area contributed by atoms with Crippen LogP contribution in [0.25, 0.3) is 0 Å². The van der Waals surface area contributed by atoms with Crippen LogP contribution in [0.4, 0.5) is 0 Å². The number of aliphatic hydroxyl groups excluding tert-OH is 1. The van der Waals surface area contributed by atoms with Crippen LogP contribution in [-0.4, -0.2) is 28.1 Å². The van der Waals surface area contributed by atoms with Crippen LogP contribution in [0.5, 0.6) is 0 Å². The number of rotatable bonds is 7. The Morgan fingerprint density at radius 3 is 2.42 bits per heavy atom. The van der Waals surface area contributed by atoms with E-state index < -0.39 is 24.0 Å². The van der Waals surface area contributed by atoms with Gasteiger partial charge >= 0.3 is 5.97 Å². The number of unbranched alkanes of at least 4 members (excludes halogenated alkanes) is 1. The Hall–Kier alpha value is -1.88. The van der Waals surface area contributed by atoms with E-state index in [0.717, 1.165) is 6.42 Å². The summed E-state index contributed by atoms with van der Waals surface area (Å²) >= 11 is 0. The molecule has 0 unspecified atom stereocenters. The summed E-state index contributed by atoms with van der Waals surface area (Å²) in [6, 6.07) is 7.47. The van der Waals surface area contributed by atoms with Gasteiger partial charge in [-0.15, -0.1) is 0 Å². The number of hydrogen-bond acceptors (Lipinski definition) is 3. The predicted octanol–water partition coefficient (Wildman–Crippen LogP) is 1.48. The standard InChI is InChI=1S/C14H19NO4/c1-2-3-9-11(14(18)19)15-13(17)12(16)10-7-5-4-6-8-10/h4-8,11-12,16H,2-3,9H2,1H3,(H,15,17)(H,18,19)/t11-,12+/m0/s1. The van der Waals surface area contributed by atoms with Gasteiger partial charge in [0, 0.05) is 0 Å². The first-order valence-electron chi connectivity index (χ1n) is 6.32. The van der Waals surface area contributed by atoms with Crippen molar-refractivity contribution >= 4 is 11.9 Å². The zero-order valence-electron chi connectivity index (χ0n) is 10.9. The monoisotopic (exact) mass is 265 g/mol.